The van der Waals surface area contributed by atoms with Gasteiger partial charge in [-0.3, -0.25) is 24.0 Å². The predicted octanol–water partition coefficient (Wildman–Crippen LogP) is 2.51. The van der Waals surface area contributed by atoms with Crippen molar-refractivity contribution in [2.24, 2.45) is 0 Å². The quantitative estimate of drug-likeness (QED) is 0.428. The van der Waals surface area contributed by atoms with E-state index in [2.05, 4.69) is 5.32 Å². The number of nitro benzene ring substituents is 1. The maximum absolute atomic E-state index is 12.4. The van der Waals surface area contributed by atoms with Gasteiger partial charge in [0.15, 0.2) is 5.78 Å². The molecule has 2 aromatic carbocycles. The first-order valence-electron chi connectivity index (χ1n) is 8.13. The number of amides is 1. The summed E-state index contributed by atoms with van der Waals surface area (Å²) in [5.74, 6) is -0.922. The highest BCUT2D eigenvalue weighted by molar-refractivity contribution is 7.92. The van der Waals surface area contributed by atoms with Crippen LogP contribution < -0.4 is 9.62 Å². The number of nitro groups is 1. The maximum Gasteiger partial charge on any atom is 0.274 e. The lowest BCUT2D eigenvalue weighted by molar-refractivity contribution is -0.385. The van der Waals surface area contributed by atoms with Crippen LogP contribution in [0.3, 0.4) is 0 Å². The van der Waals surface area contributed by atoms with Crippen molar-refractivity contribution in [2.45, 2.75) is 13.8 Å². The number of nitrogens with one attached hydrogen (secondary N) is 1. The molecular weight excluding hydrogens is 386 g/mol. The molecule has 0 radical (unpaired) electrons. The van der Waals surface area contributed by atoms with Gasteiger partial charge in [0, 0.05) is 11.6 Å². The zero-order valence-electron chi connectivity index (χ0n) is 15.5. The van der Waals surface area contributed by atoms with E-state index in [1.165, 1.54) is 50.2 Å². The van der Waals surface area contributed by atoms with Crippen LogP contribution in [0.4, 0.5) is 17.1 Å². The highest BCUT2D eigenvalue weighted by Gasteiger charge is 2.22. The van der Waals surface area contributed by atoms with Crippen molar-refractivity contribution in [3.05, 3.63) is 63.7 Å². The number of benzene rings is 2. The fraction of sp³-hybridized carbons (Fsp3) is 0.222. The molecule has 0 heterocycles. The molecule has 0 aromatic heterocycles. The lowest BCUT2D eigenvalue weighted by atomic mass is 10.1. The summed E-state index contributed by atoms with van der Waals surface area (Å²) in [6.45, 7) is 2.28. The van der Waals surface area contributed by atoms with Gasteiger partial charge >= 0.3 is 0 Å². The summed E-state index contributed by atoms with van der Waals surface area (Å²) in [5.41, 5.74) is 0.782. The van der Waals surface area contributed by atoms with E-state index in [1.54, 1.807) is 6.07 Å². The van der Waals surface area contributed by atoms with Gasteiger partial charge < -0.3 is 5.32 Å². The number of hydrogen-bond donors (Lipinski definition) is 1. The molecule has 1 amide bonds. The largest absolute Gasteiger partial charge is 0.324 e. The third-order valence-electron chi connectivity index (χ3n) is 4.00. The Bertz CT molecular complexity index is 1050. The minimum atomic E-state index is -3.83. The number of rotatable bonds is 7. The maximum atomic E-state index is 12.4. The van der Waals surface area contributed by atoms with Gasteiger partial charge in [-0.15, -0.1) is 0 Å². The van der Waals surface area contributed by atoms with Crippen molar-refractivity contribution >= 4 is 38.8 Å². The molecule has 28 heavy (non-hydrogen) atoms. The first kappa shape index (κ1) is 21.0. The summed E-state index contributed by atoms with van der Waals surface area (Å²) in [7, 11) is -3.83. The molecule has 2 rings (SSSR count). The number of carbonyl (C=O) groups is 2. The minimum Gasteiger partial charge on any atom is -0.324 e. The summed E-state index contributed by atoms with van der Waals surface area (Å²) in [4.78, 5) is 34.4. The zero-order valence-corrected chi connectivity index (χ0v) is 16.3. The van der Waals surface area contributed by atoms with Gasteiger partial charge in [-0.25, -0.2) is 8.42 Å². The van der Waals surface area contributed by atoms with Gasteiger partial charge in [-0.1, -0.05) is 18.2 Å². The topological polar surface area (TPSA) is 127 Å². The molecule has 148 valence electrons. The van der Waals surface area contributed by atoms with E-state index in [4.69, 9.17) is 0 Å². The second-order valence-corrected chi connectivity index (χ2v) is 8.04. The van der Waals surface area contributed by atoms with Crippen LogP contribution in [0.5, 0.6) is 0 Å². The number of nitrogens with zero attached hydrogens (tertiary/aromatic N) is 2. The van der Waals surface area contributed by atoms with E-state index in [1.807, 2.05) is 0 Å². The number of hydrogen-bond acceptors (Lipinski definition) is 6. The second kappa shape index (κ2) is 8.17. The van der Waals surface area contributed by atoms with Gasteiger partial charge in [-0.05, 0) is 32.0 Å². The Balaban J connectivity index is 2.31. The van der Waals surface area contributed by atoms with Crippen LogP contribution in [0.15, 0.2) is 42.5 Å². The van der Waals surface area contributed by atoms with Crippen LogP contribution in [0.25, 0.3) is 0 Å². The van der Waals surface area contributed by atoms with Crippen molar-refractivity contribution in [3.63, 3.8) is 0 Å². The molecule has 1 N–H and O–H groups in total. The van der Waals surface area contributed by atoms with E-state index in [0.29, 0.717) is 5.56 Å². The Labute approximate surface area is 162 Å². The van der Waals surface area contributed by atoms with E-state index in [0.717, 1.165) is 10.6 Å². The van der Waals surface area contributed by atoms with E-state index >= 15 is 0 Å². The van der Waals surface area contributed by atoms with Crippen LogP contribution in [-0.4, -0.2) is 37.8 Å². The van der Waals surface area contributed by atoms with Gasteiger partial charge in [0.25, 0.3) is 5.69 Å². The summed E-state index contributed by atoms with van der Waals surface area (Å²) in [6.07, 6.45) is 0.944. The van der Waals surface area contributed by atoms with Crippen molar-refractivity contribution in [3.8, 4) is 0 Å². The first-order chi connectivity index (χ1) is 13.0. The molecule has 0 spiro atoms. The molecule has 0 saturated heterocycles. The summed E-state index contributed by atoms with van der Waals surface area (Å²) >= 11 is 0. The Morgan fingerprint density at radius 3 is 2.39 bits per heavy atom. The van der Waals surface area contributed by atoms with Crippen molar-refractivity contribution in [1.82, 2.24) is 0 Å². The highest BCUT2D eigenvalue weighted by Crippen LogP contribution is 2.25. The highest BCUT2D eigenvalue weighted by atomic mass is 32.2. The number of sulfonamides is 1. The van der Waals surface area contributed by atoms with Crippen LogP contribution in [0.2, 0.25) is 0 Å². The first-order valence-corrected chi connectivity index (χ1v) is 9.98. The van der Waals surface area contributed by atoms with E-state index < -0.39 is 27.4 Å². The fourth-order valence-corrected chi connectivity index (χ4v) is 3.41. The third kappa shape index (κ3) is 4.92. The molecule has 0 atom stereocenters. The normalized spacial score (nSPS) is 11.0. The van der Waals surface area contributed by atoms with E-state index in [9.17, 15) is 28.1 Å². The molecule has 10 heteroatoms. The van der Waals surface area contributed by atoms with Gasteiger partial charge in [0.05, 0.1) is 28.1 Å². The van der Waals surface area contributed by atoms with Crippen LogP contribution in [0.1, 0.15) is 22.8 Å². The molecule has 0 aliphatic rings. The Kier molecular flexibility index (Phi) is 6.14. The van der Waals surface area contributed by atoms with Crippen LogP contribution in [-0.2, 0) is 14.8 Å². The molecule has 0 saturated carbocycles. The molecular formula is C18H19N3O6S. The SMILES string of the molecule is CC(=O)c1cccc(N(CC(=O)Nc2cccc([N+](=O)[O-])c2C)S(C)(=O)=O)c1. The summed E-state index contributed by atoms with van der Waals surface area (Å²) in [5, 5.41) is 13.5. The smallest absolute Gasteiger partial charge is 0.274 e. The molecule has 0 fully saturated rings. The molecule has 0 unspecified atom stereocenters. The average molecular weight is 405 g/mol. The van der Waals surface area contributed by atoms with Crippen LogP contribution >= 0.6 is 0 Å². The minimum absolute atomic E-state index is 0.160. The third-order valence-corrected chi connectivity index (χ3v) is 5.14. The molecule has 0 aliphatic carbocycles. The second-order valence-electron chi connectivity index (χ2n) is 6.13. The number of ketones is 1. The lowest BCUT2D eigenvalue weighted by Crippen LogP contribution is -2.37. The Morgan fingerprint density at radius 2 is 1.82 bits per heavy atom. The summed E-state index contributed by atoms with van der Waals surface area (Å²) < 4.78 is 25.2. The molecule has 0 bridgehead atoms. The Hall–Kier alpha value is -3.27. The average Bonchev–Trinajstić information content (AvgIpc) is 2.60. The van der Waals surface area contributed by atoms with Gasteiger partial charge in [0.1, 0.15) is 6.54 Å². The predicted molar refractivity (Wildman–Crippen MR) is 105 cm³/mol. The lowest BCUT2D eigenvalue weighted by Gasteiger charge is -2.22. The number of anilines is 2. The van der Waals surface area contributed by atoms with Crippen molar-refractivity contribution in [1.29, 1.82) is 0 Å². The molecule has 0 aliphatic heterocycles. The number of Topliss-reactive ketones (excluding diaryl/α,β-unsaturated/α-hetero) is 1. The van der Waals surface area contributed by atoms with E-state index in [-0.39, 0.29) is 28.4 Å². The number of carbonyl (C=O) groups excluding carboxylic acids is 2. The van der Waals surface area contributed by atoms with Crippen molar-refractivity contribution < 1.29 is 22.9 Å². The standard InChI is InChI=1S/C18H19N3O6S/c1-12-16(8-5-9-17(12)21(24)25)19-18(23)11-20(28(3,26)27)15-7-4-6-14(10-15)13(2)22/h4-10H,11H2,1-3H3,(H,19,23). The van der Waals surface area contributed by atoms with Gasteiger partial charge in [-0.2, -0.15) is 0 Å². The molecule has 9 nitrogen and oxygen atoms in total. The van der Waals surface area contributed by atoms with Crippen LogP contribution in [0, 0.1) is 17.0 Å². The van der Waals surface area contributed by atoms with Crippen molar-refractivity contribution in [2.75, 3.05) is 22.4 Å². The molecule has 2 aromatic rings. The monoisotopic (exact) mass is 405 g/mol. The Morgan fingerprint density at radius 1 is 1.18 bits per heavy atom. The summed E-state index contributed by atoms with van der Waals surface area (Å²) in [6, 6.07) is 10.1. The fourth-order valence-electron chi connectivity index (χ4n) is 2.56. The van der Waals surface area contributed by atoms with Gasteiger partial charge in [0.2, 0.25) is 15.9 Å². The zero-order chi connectivity index (χ0) is 21.1.